The van der Waals surface area contributed by atoms with E-state index in [1.165, 1.54) is 16.7 Å². The Labute approximate surface area is 125 Å². The molecular weight excluding hydrogens is 260 g/mol. The van der Waals surface area contributed by atoms with Crippen LogP contribution in [-0.4, -0.2) is 16.0 Å². The van der Waals surface area contributed by atoms with Crippen molar-refractivity contribution in [3.05, 3.63) is 69.1 Å². The zero-order chi connectivity index (χ0) is 15.0. The lowest BCUT2D eigenvalue weighted by molar-refractivity contribution is 0.158. The van der Waals surface area contributed by atoms with Crippen LogP contribution in [0.3, 0.4) is 0 Å². The predicted molar refractivity (Wildman–Crippen MR) is 85.4 cm³/mol. The minimum absolute atomic E-state index is 0.0991. The van der Waals surface area contributed by atoms with Crippen molar-refractivity contribution >= 4 is 0 Å². The minimum Gasteiger partial charge on any atom is -0.348 e. The number of hydrogen-bond acceptors (Lipinski definition) is 2. The first kappa shape index (κ1) is 14.1. The van der Waals surface area contributed by atoms with Crippen molar-refractivity contribution in [2.24, 2.45) is 0 Å². The highest BCUT2D eigenvalue weighted by Crippen LogP contribution is 2.27. The molecule has 2 aromatic rings. The first-order valence-electron chi connectivity index (χ1n) is 7.56. The van der Waals surface area contributed by atoms with Crippen molar-refractivity contribution in [2.75, 3.05) is 6.54 Å². The van der Waals surface area contributed by atoms with E-state index in [0.717, 1.165) is 25.3 Å². The third kappa shape index (κ3) is 2.66. The maximum absolute atomic E-state index is 11.6. The van der Waals surface area contributed by atoms with Crippen LogP contribution in [0, 0.1) is 13.8 Å². The van der Waals surface area contributed by atoms with E-state index in [2.05, 4.69) is 48.4 Å². The molecule has 3 rings (SSSR count). The number of benzene rings is 1. The van der Waals surface area contributed by atoms with Crippen LogP contribution in [0.1, 0.15) is 35.3 Å². The Bertz CT molecular complexity index is 697. The SMILES string of the molecule is Cc1cccc(C)c1CN1CCn2ccc(=O)cc2C1C. The Morgan fingerprint density at radius 2 is 1.86 bits per heavy atom. The number of fused-ring (bicyclic) bond motifs is 1. The monoisotopic (exact) mass is 282 g/mol. The normalized spacial score (nSPS) is 18.5. The van der Waals surface area contributed by atoms with E-state index in [1.807, 2.05) is 6.20 Å². The summed E-state index contributed by atoms with van der Waals surface area (Å²) in [5, 5.41) is 0. The quantitative estimate of drug-likeness (QED) is 0.846. The number of aryl methyl sites for hydroxylation is 2. The van der Waals surface area contributed by atoms with Crippen LogP contribution in [0.4, 0.5) is 0 Å². The average Bonchev–Trinajstić information content (AvgIpc) is 2.46. The van der Waals surface area contributed by atoms with Crippen LogP contribution in [0.2, 0.25) is 0 Å². The van der Waals surface area contributed by atoms with Gasteiger partial charge in [-0.3, -0.25) is 9.69 Å². The van der Waals surface area contributed by atoms with E-state index in [0.29, 0.717) is 0 Å². The molecule has 0 saturated heterocycles. The number of pyridine rings is 1. The Hall–Kier alpha value is -1.87. The van der Waals surface area contributed by atoms with Gasteiger partial charge in [-0.05, 0) is 37.5 Å². The zero-order valence-electron chi connectivity index (χ0n) is 13.0. The molecule has 1 aliphatic rings. The van der Waals surface area contributed by atoms with Gasteiger partial charge in [-0.1, -0.05) is 18.2 Å². The Morgan fingerprint density at radius 3 is 2.57 bits per heavy atom. The van der Waals surface area contributed by atoms with E-state index < -0.39 is 0 Å². The summed E-state index contributed by atoms with van der Waals surface area (Å²) in [6.07, 6.45) is 1.92. The largest absolute Gasteiger partial charge is 0.348 e. The molecule has 0 saturated carbocycles. The summed E-state index contributed by atoms with van der Waals surface area (Å²) in [6.45, 7) is 9.46. The first-order chi connectivity index (χ1) is 10.1. The lowest BCUT2D eigenvalue weighted by Crippen LogP contribution is -2.37. The number of nitrogens with zero attached hydrogens (tertiary/aromatic N) is 2. The molecule has 0 radical (unpaired) electrons. The molecule has 0 bridgehead atoms. The van der Waals surface area contributed by atoms with Gasteiger partial charge in [-0.15, -0.1) is 0 Å². The lowest BCUT2D eigenvalue weighted by atomic mass is 10.0. The van der Waals surface area contributed by atoms with Crippen molar-refractivity contribution in [1.29, 1.82) is 0 Å². The van der Waals surface area contributed by atoms with Gasteiger partial charge in [0.1, 0.15) is 0 Å². The molecule has 21 heavy (non-hydrogen) atoms. The topological polar surface area (TPSA) is 25.2 Å². The van der Waals surface area contributed by atoms with Crippen LogP contribution in [0.5, 0.6) is 0 Å². The highest BCUT2D eigenvalue weighted by Gasteiger charge is 2.24. The van der Waals surface area contributed by atoms with Gasteiger partial charge in [-0.2, -0.15) is 0 Å². The van der Waals surface area contributed by atoms with Gasteiger partial charge in [0.25, 0.3) is 0 Å². The highest BCUT2D eigenvalue weighted by molar-refractivity contribution is 5.33. The van der Waals surface area contributed by atoms with Gasteiger partial charge in [0.05, 0.1) is 0 Å². The fourth-order valence-electron chi connectivity index (χ4n) is 3.22. The first-order valence-corrected chi connectivity index (χ1v) is 7.56. The van der Waals surface area contributed by atoms with Gasteiger partial charge < -0.3 is 4.57 Å². The second-order valence-corrected chi connectivity index (χ2v) is 6.00. The number of aromatic nitrogens is 1. The molecule has 2 heterocycles. The Balaban J connectivity index is 1.90. The van der Waals surface area contributed by atoms with Crippen LogP contribution < -0.4 is 5.43 Å². The van der Waals surface area contributed by atoms with Crippen molar-refractivity contribution in [1.82, 2.24) is 9.47 Å². The van der Waals surface area contributed by atoms with E-state index >= 15 is 0 Å². The van der Waals surface area contributed by atoms with E-state index in [4.69, 9.17) is 0 Å². The van der Waals surface area contributed by atoms with Crippen molar-refractivity contribution in [3.8, 4) is 0 Å². The molecule has 0 aliphatic carbocycles. The van der Waals surface area contributed by atoms with Crippen molar-refractivity contribution in [2.45, 2.75) is 39.9 Å². The maximum atomic E-state index is 11.6. The fraction of sp³-hybridized carbons (Fsp3) is 0.389. The van der Waals surface area contributed by atoms with Gasteiger partial charge in [0, 0.05) is 49.7 Å². The summed E-state index contributed by atoms with van der Waals surface area (Å²) in [7, 11) is 0. The third-order valence-electron chi connectivity index (χ3n) is 4.65. The van der Waals surface area contributed by atoms with E-state index in [1.54, 1.807) is 12.1 Å². The van der Waals surface area contributed by atoms with Crippen molar-refractivity contribution < 1.29 is 0 Å². The van der Waals surface area contributed by atoms with E-state index in [-0.39, 0.29) is 11.5 Å². The summed E-state index contributed by atoms with van der Waals surface area (Å²) >= 11 is 0. The van der Waals surface area contributed by atoms with Crippen LogP contribution >= 0.6 is 0 Å². The van der Waals surface area contributed by atoms with Crippen LogP contribution in [-0.2, 0) is 13.1 Å². The average molecular weight is 282 g/mol. The molecule has 3 heteroatoms. The fourth-order valence-corrected chi connectivity index (χ4v) is 3.22. The van der Waals surface area contributed by atoms with Gasteiger partial charge >= 0.3 is 0 Å². The van der Waals surface area contributed by atoms with Gasteiger partial charge in [0.2, 0.25) is 0 Å². The van der Waals surface area contributed by atoms with Crippen LogP contribution in [0.25, 0.3) is 0 Å². The van der Waals surface area contributed by atoms with Crippen LogP contribution in [0.15, 0.2) is 41.3 Å². The molecule has 1 aliphatic heterocycles. The van der Waals surface area contributed by atoms with Gasteiger partial charge in [0.15, 0.2) is 5.43 Å². The third-order valence-corrected chi connectivity index (χ3v) is 4.65. The Kier molecular flexibility index (Phi) is 3.68. The summed E-state index contributed by atoms with van der Waals surface area (Å²) in [5.41, 5.74) is 5.33. The molecule has 0 amide bonds. The lowest BCUT2D eigenvalue weighted by Gasteiger charge is -2.36. The molecule has 1 aromatic heterocycles. The molecule has 0 fully saturated rings. The summed E-state index contributed by atoms with van der Waals surface area (Å²) in [4.78, 5) is 14.1. The number of hydrogen-bond donors (Lipinski definition) is 0. The smallest absolute Gasteiger partial charge is 0.181 e. The summed E-state index contributed by atoms with van der Waals surface area (Å²) in [5.74, 6) is 0. The molecule has 3 nitrogen and oxygen atoms in total. The summed E-state index contributed by atoms with van der Waals surface area (Å²) < 4.78 is 2.20. The molecule has 110 valence electrons. The molecule has 0 N–H and O–H groups in total. The van der Waals surface area contributed by atoms with E-state index in [9.17, 15) is 4.79 Å². The standard InChI is InChI=1S/C18H22N2O/c1-13-5-4-6-14(2)17(13)12-20-10-9-19-8-7-16(21)11-18(19)15(20)3/h4-8,11,15H,9-10,12H2,1-3H3. The number of rotatable bonds is 2. The molecular formula is C18H22N2O. The van der Waals surface area contributed by atoms with Gasteiger partial charge in [-0.25, -0.2) is 0 Å². The molecule has 1 unspecified atom stereocenters. The molecule has 1 aromatic carbocycles. The minimum atomic E-state index is 0.0991. The zero-order valence-corrected chi connectivity index (χ0v) is 13.0. The highest BCUT2D eigenvalue weighted by atomic mass is 16.1. The molecule has 1 atom stereocenters. The second kappa shape index (κ2) is 5.49. The second-order valence-electron chi connectivity index (χ2n) is 6.00. The maximum Gasteiger partial charge on any atom is 0.181 e. The van der Waals surface area contributed by atoms with Crippen molar-refractivity contribution in [3.63, 3.8) is 0 Å². The Morgan fingerprint density at radius 1 is 1.14 bits per heavy atom. The summed E-state index contributed by atoms with van der Waals surface area (Å²) in [6, 6.07) is 10.2. The predicted octanol–water partition coefficient (Wildman–Crippen LogP) is 3.04. The molecule has 0 spiro atoms.